The van der Waals surface area contributed by atoms with Crippen LogP contribution >= 0.6 is 47.8 Å². The number of rotatable bonds is 2. The van der Waals surface area contributed by atoms with Gasteiger partial charge in [-0.05, 0) is 50.4 Å². The third-order valence-electron chi connectivity index (χ3n) is 2.84. The van der Waals surface area contributed by atoms with Crippen molar-refractivity contribution in [3.63, 3.8) is 0 Å². The van der Waals surface area contributed by atoms with Gasteiger partial charge in [-0.3, -0.25) is 0 Å². The van der Waals surface area contributed by atoms with Crippen LogP contribution < -0.4 is 4.90 Å². The summed E-state index contributed by atoms with van der Waals surface area (Å²) in [4.78, 5) is 2.31. The first-order valence-electron chi connectivity index (χ1n) is 5.12. The van der Waals surface area contributed by atoms with Crippen molar-refractivity contribution in [3.05, 3.63) is 25.6 Å². The molecular formula is C11H12Br3NO. The molecular weight excluding hydrogens is 402 g/mol. The Kier molecular flexibility index (Phi) is 4.32. The number of aliphatic hydroxyl groups is 1. The molecule has 0 aromatic heterocycles. The smallest absolute Gasteiger partial charge is 0.0655 e. The Morgan fingerprint density at radius 3 is 2.38 bits per heavy atom. The molecule has 0 bridgehead atoms. The largest absolute Gasteiger partial charge is 0.396 e. The maximum atomic E-state index is 9.16. The van der Waals surface area contributed by atoms with E-state index >= 15 is 0 Å². The number of hydrogen-bond acceptors (Lipinski definition) is 2. The standard InChI is InChI=1S/C11H12Br3NO/c12-8-3-9(13)11(10(14)4-8)15-2-1-7(5-15)6-16/h3-4,7,16H,1-2,5-6H2. The molecule has 0 aliphatic carbocycles. The quantitative estimate of drug-likeness (QED) is 0.797. The molecule has 1 saturated heterocycles. The molecule has 1 N–H and O–H groups in total. The number of anilines is 1. The van der Waals surface area contributed by atoms with E-state index < -0.39 is 0 Å². The van der Waals surface area contributed by atoms with Gasteiger partial charge in [0.2, 0.25) is 0 Å². The Morgan fingerprint density at radius 2 is 1.88 bits per heavy atom. The van der Waals surface area contributed by atoms with Crippen LogP contribution in [0.1, 0.15) is 6.42 Å². The summed E-state index contributed by atoms with van der Waals surface area (Å²) in [6.07, 6.45) is 1.06. The van der Waals surface area contributed by atoms with Crippen molar-refractivity contribution in [2.45, 2.75) is 6.42 Å². The number of hydrogen-bond donors (Lipinski definition) is 1. The van der Waals surface area contributed by atoms with Crippen molar-refractivity contribution in [1.29, 1.82) is 0 Å². The van der Waals surface area contributed by atoms with Crippen LogP contribution in [0.5, 0.6) is 0 Å². The van der Waals surface area contributed by atoms with Gasteiger partial charge >= 0.3 is 0 Å². The average molecular weight is 414 g/mol. The summed E-state index contributed by atoms with van der Waals surface area (Å²) < 4.78 is 3.20. The Morgan fingerprint density at radius 1 is 1.25 bits per heavy atom. The first kappa shape index (κ1) is 12.9. The molecule has 1 aliphatic rings. The van der Waals surface area contributed by atoms with E-state index in [0.29, 0.717) is 5.92 Å². The van der Waals surface area contributed by atoms with Gasteiger partial charge in [0.25, 0.3) is 0 Å². The fourth-order valence-corrected chi connectivity index (χ4v) is 4.78. The van der Waals surface area contributed by atoms with E-state index in [0.717, 1.165) is 32.9 Å². The molecule has 16 heavy (non-hydrogen) atoms. The van der Waals surface area contributed by atoms with Crippen LogP contribution in [0.15, 0.2) is 25.6 Å². The number of benzene rings is 1. The second-order valence-electron chi connectivity index (χ2n) is 4.00. The molecule has 0 radical (unpaired) electrons. The van der Waals surface area contributed by atoms with Gasteiger partial charge in [0.1, 0.15) is 0 Å². The molecule has 0 amide bonds. The Balaban J connectivity index is 2.28. The van der Waals surface area contributed by atoms with Gasteiger partial charge in [-0.15, -0.1) is 0 Å². The highest BCUT2D eigenvalue weighted by Crippen LogP contribution is 2.39. The highest BCUT2D eigenvalue weighted by molar-refractivity contribution is 9.11. The fourth-order valence-electron chi connectivity index (χ4n) is 2.02. The molecule has 2 nitrogen and oxygen atoms in total. The molecule has 0 spiro atoms. The van der Waals surface area contributed by atoms with Gasteiger partial charge in [0.15, 0.2) is 0 Å². The molecule has 5 heteroatoms. The summed E-state index contributed by atoms with van der Waals surface area (Å²) in [5.41, 5.74) is 1.18. The maximum Gasteiger partial charge on any atom is 0.0655 e. The Hall–Kier alpha value is 0.420. The van der Waals surface area contributed by atoms with E-state index in [9.17, 15) is 0 Å². The zero-order chi connectivity index (χ0) is 11.7. The van der Waals surface area contributed by atoms with Gasteiger partial charge in [0.05, 0.1) is 5.69 Å². The second kappa shape index (κ2) is 5.38. The minimum Gasteiger partial charge on any atom is -0.396 e. The summed E-state index contributed by atoms with van der Waals surface area (Å²) in [5.74, 6) is 0.405. The van der Waals surface area contributed by atoms with Crippen LogP contribution in [-0.2, 0) is 0 Å². The molecule has 2 rings (SSSR count). The normalized spacial score (nSPS) is 20.5. The van der Waals surface area contributed by atoms with Crippen LogP contribution in [0, 0.1) is 5.92 Å². The molecule has 88 valence electrons. The highest BCUT2D eigenvalue weighted by atomic mass is 79.9. The zero-order valence-electron chi connectivity index (χ0n) is 8.59. The zero-order valence-corrected chi connectivity index (χ0v) is 13.3. The molecule has 1 unspecified atom stereocenters. The second-order valence-corrected chi connectivity index (χ2v) is 6.63. The maximum absolute atomic E-state index is 9.16. The number of aliphatic hydroxyl groups excluding tert-OH is 1. The van der Waals surface area contributed by atoms with E-state index in [4.69, 9.17) is 5.11 Å². The van der Waals surface area contributed by atoms with Gasteiger partial charge < -0.3 is 10.0 Å². The molecule has 1 heterocycles. The first-order valence-corrected chi connectivity index (χ1v) is 7.50. The fraction of sp³-hybridized carbons (Fsp3) is 0.455. The molecule has 1 aromatic rings. The Bertz CT molecular complexity index is 374. The molecule has 1 aromatic carbocycles. The minimum absolute atomic E-state index is 0.280. The summed E-state index contributed by atoms with van der Waals surface area (Å²) in [6.45, 7) is 2.21. The van der Waals surface area contributed by atoms with Crippen LogP contribution in [-0.4, -0.2) is 24.8 Å². The van der Waals surface area contributed by atoms with Crippen molar-refractivity contribution in [1.82, 2.24) is 0 Å². The third-order valence-corrected chi connectivity index (χ3v) is 4.51. The molecule has 1 aliphatic heterocycles. The predicted octanol–water partition coefficient (Wildman–Crippen LogP) is 3.79. The summed E-state index contributed by atoms with van der Waals surface area (Å²) in [6, 6.07) is 4.10. The van der Waals surface area contributed by atoms with Gasteiger partial charge in [0, 0.05) is 39.0 Å². The van der Waals surface area contributed by atoms with Gasteiger partial charge in [-0.2, -0.15) is 0 Å². The van der Waals surface area contributed by atoms with E-state index in [1.807, 2.05) is 12.1 Å². The minimum atomic E-state index is 0.280. The van der Waals surface area contributed by atoms with Gasteiger partial charge in [-0.1, -0.05) is 15.9 Å². The van der Waals surface area contributed by atoms with E-state index in [1.54, 1.807) is 0 Å². The summed E-state index contributed by atoms with van der Waals surface area (Å²) >= 11 is 10.6. The lowest BCUT2D eigenvalue weighted by molar-refractivity contribution is 0.238. The van der Waals surface area contributed by atoms with Crippen LogP contribution in [0.2, 0.25) is 0 Å². The van der Waals surface area contributed by atoms with Crippen molar-refractivity contribution in [2.75, 3.05) is 24.6 Å². The van der Waals surface area contributed by atoms with E-state index in [2.05, 4.69) is 52.7 Å². The lowest BCUT2D eigenvalue weighted by Crippen LogP contribution is -2.21. The monoisotopic (exact) mass is 411 g/mol. The number of halogens is 3. The molecule has 1 atom stereocenters. The van der Waals surface area contributed by atoms with Crippen molar-refractivity contribution < 1.29 is 5.11 Å². The lowest BCUT2D eigenvalue weighted by atomic mass is 10.1. The van der Waals surface area contributed by atoms with Crippen LogP contribution in [0.4, 0.5) is 5.69 Å². The van der Waals surface area contributed by atoms with Crippen LogP contribution in [0.25, 0.3) is 0 Å². The first-order chi connectivity index (χ1) is 7.61. The van der Waals surface area contributed by atoms with Crippen LogP contribution in [0.3, 0.4) is 0 Å². The summed E-state index contributed by atoms with van der Waals surface area (Å²) in [5, 5.41) is 9.16. The molecule has 1 fully saturated rings. The van der Waals surface area contributed by atoms with Gasteiger partial charge in [-0.25, -0.2) is 0 Å². The molecule has 0 saturated carbocycles. The lowest BCUT2D eigenvalue weighted by Gasteiger charge is -2.22. The Labute approximate surface area is 120 Å². The number of nitrogens with zero attached hydrogens (tertiary/aromatic N) is 1. The van der Waals surface area contributed by atoms with E-state index in [-0.39, 0.29) is 6.61 Å². The van der Waals surface area contributed by atoms with Crippen molar-refractivity contribution >= 4 is 53.5 Å². The van der Waals surface area contributed by atoms with E-state index in [1.165, 1.54) is 5.69 Å². The highest BCUT2D eigenvalue weighted by Gasteiger charge is 2.24. The van der Waals surface area contributed by atoms with Crippen molar-refractivity contribution in [2.24, 2.45) is 5.92 Å². The average Bonchev–Trinajstić information content (AvgIpc) is 2.64. The topological polar surface area (TPSA) is 23.5 Å². The third kappa shape index (κ3) is 2.63. The summed E-state index contributed by atoms with van der Waals surface area (Å²) in [7, 11) is 0. The predicted molar refractivity (Wildman–Crippen MR) is 76.9 cm³/mol. The SMILES string of the molecule is OCC1CCN(c2c(Br)cc(Br)cc2Br)C1. The van der Waals surface area contributed by atoms with Crippen molar-refractivity contribution in [3.8, 4) is 0 Å².